The third-order valence-corrected chi connectivity index (χ3v) is 8.81. The van der Waals surface area contributed by atoms with Crippen molar-refractivity contribution in [1.29, 1.82) is 0 Å². The zero-order chi connectivity index (χ0) is 23.8. The summed E-state index contributed by atoms with van der Waals surface area (Å²) in [5, 5.41) is 1.26. The largest absolute Gasteiger partial charge is 0.338 e. The summed E-state index contributed by atoms with van der Waals surface area (Å²) in [6.45, 7) is 4.33. The number of hydrogen-bond acceptors (Lipinski definition) is 3. The Morgan fingerprint density at radius 3 is 2.71 bits per heavy atom. The molecule has 0 unspecified atom stereocenters. The Balaban J connectivity index is 1.33. The summed E-state index contributed by atoms with van der Waals surface area (Å²) in [7, 11) is 2.11. The van der Waals surface area contributed by atoms with Gasteiger partial charge >= 0.3 is 0 Å². The summed E-state index contributed by atoms with van der Waals surface area (Å²) in [6.07, 6.45) is 5.07. The van der Waals surface area contributed by atoms with Gasteiger partial charge in [-0.15, -0.1) is 0 Å². The first-order valence-electron chi connectivity index (χ1n) is 13.1. The summed E-state index contributed by atoms with van der Waals surface area (Å²) < 4.78 is 4.73. The van der Waals surface area contributed by atoms with E-state index in [0.29, 0.717) is 6.54 Å². The van der Waals surface area contributed by atoms with Gasteiger partial charge in [-0.1, -0.05) is 18.2 Å². The number of amides is 1. The first-order valence-corrected chi connectivity index (χ1v) is 13.1. The fraction of sp³-hybridized carbons (Fsp3) is 0.448. The van der Waals surface area contributed by atoms with Gasteiger partial charge in [-0.25, -0.2) is 4.98 Å². The SMILES string of the molecule is C[C@@H](N)CN1CCc2cc3c(cc2C1=O)nc(-c1cc2ccccc2n1C[C@H]1CC2CC1C2)n3C. The quantitative estimate of drug-likeness (QED) is 0.467. The van der Waals surface area contributed by atoms with Crippen molar-refractivity contribution in [3.05, 3.63) is 53.6 Å². The van der Waals surface area contributed by atoms with Crippen molar-refractivity contribution in [2.45, 2.75) is 45.2 Å². The second kappa shape index (κ2) is 7.69. The monoisotopic (exact) mass is 467 g/mol. The molecule has 8 rings (SSSR count). The van der Waals surface area contributed by atoms with Gasteiger partial charge in [-0.05, 0) is 80.2 Å². The maximum Gasteiger partial charge on any atom is 0.254 e. The Morgan fingerprint density at radius 1 is 1.11 bits per heavy atom. The highest BCUT2D eigenvalue weighted by atomic mass is 16.2. The highest BCUT2D eigenvalue weighted by Gasteiger charge is 2.44. The van der Waals surface area contributed by atoms with Crippen LogP contribution in [0.15, 0.2) is 42.5 Å². The molecule has 3 saturated carbocycles. The highest BCUT2D eigenvalue weighted by Crippen LogP contribution is 2.53. The molecule has 0 saturated heterocycles. The van der Waals surface area contributed by atoms with Crippen LogP contribution in [0.2, 0.25) is 0 Å². The molecule has 2 aromatic heterocycles. The zero-order valence-corrected chi connectivity index (χ0v) is 20.6. The number of fused-ring (bicyclic) bond motifs is 4. The van der Waals surface area contributed by atoms with Crippen molar-refractivity contribution in [3.8, 4) is 11.5 Å². The number of aromatic nitrogens is 3. The molecule has 3 aliphatic carbocycles. The molecule has 6 nitrogen and oxygen atoms in total. The molecule has 0 radical (unpaired) electrons. The van der Waals surface area contributed by atoms with Crippen LogP contribution < -0.4 is 5.73 Å². The van der Waals surface area contributed by atoms with Crippen molar-refractivity contribution >= 4 is 27.8 Å². The highest BCUT2D eigenvalue weighted by molar-refractivity contribution is 6.00. The lowest BCUT2D eigenvalue weighted by atomic mass is 9.82. The molecule has 35 heavy (non-hydrogen) atoms. The number of rotatable bonds is 5. The van der Waals surface area contributed by atoms with E-state index >= 15 is 0 Å². The summed E-state index contributed by atoms with van der Waals surface area (Å²) in [5.74, 6) is 3.67. The van der Waals surface area contributed by atoms with E-state index in [9.17, 15) is 4.79 Å². The van der Waals surface area contributed by atoms with Crippen LogP contribution in [-0.4, -0.2) is 44.1 Å². The second-order valence-electron chi connectivity index (χ2n) is 11.3. The number of nitrogens with two attached hydrogens (primary N) is 1. The van der Waals surface area contributed by atoms with Crippen molar-refractivity contribution < 1.29 is 4.79 Å². The fourth-order valence-corrected chi connectivity index (χ4v) is 7.00. The lowest BCUT2D eigenvalue weighted by molar-refractivity contribution is 0.0732. The molecule has 2 atom stereocenters. The van der Waals surface area contributed by atoms with Crippen LogP contribution in [0.4, 0.5) is 0 Å². The Hall–Kier alpha value is -3.12. The van der Waals surface area contributed by atoms with Gasteiger partial charge in [0.1, 0.15) is 0 Å². The molecular weight excluding hydrogens is 434 g/mol. The molecule has 2 aromatic carbocycles. The molecule has 4 aliphatic rings. The molecule has 3 heterocycles. The molecular formula is C29H33N5O. The van der Waals surface area contributed by atoms with E-state index in [4.69, 9.17) is 10.7 Å². The van der Waals surface area contributed by atoms with Gasteiger partial charge in [0.15, 0.2) is 5.82 Å². The molecule has 3 fully saturated rings. The second-order valence-corrected chi connectivity index (χ2v) is 11.3. The summed E-state index contributed by atoms with van der Waals surface area (Å²) >= 11 is 0. The first-order chi connectivity index (χ1) is 17.0. The minimum Gasteiger partial charge on any atom is -0.338 e. The van der Waals surface area contributed by atoms with Crippen molar-refractivity contribution in [2.75, 3.05) is 13.1 Å². The molecule has 2 N–H and O–H groups in total. The molecule has 1 aliphatic heterocycles. The topological polar surface area (TPSA) is 69.1 Å². The Bertz CT molecular complexity index is 1470. The van der Waals surface area contributed by atoms with Gasteiger partial charge in [-0.2, -0.15) is 0 Å². The van der Waals surface area contributed by atoms with Gasteiger partial charge in [0.05, 0.1) is 16.7 Å². The van der Waals surface area contributed by atoms with Gasteiger partial charge < -0.3 is 19.8 Å². The van der Waals surface area contributed by atoms with E-state index in [-0.39, 0.29) is 11.9 Å². The van der Waals surface area contributed by atoms with Crippen molar-refractivity contribution in [3.63, 3.8) is 0 Å². The molecule has 1 amide bonds. The summed E-state index contributed by atoms with van der Waals surface area (Å²) in [5.41, 5.74) is 12.3. The number of aryl methyl sites for hydroxylation is 1. The minimum absolute atomic E-state index is 0.0293. The standard InChI is InChI=1S/C29H33N5O/c1-17(30)15-33-8-7-19-12-26-24(14-23(19)29(33)35)31-28(32(26)2)27-13-20-5-3-4-6-25(20)34(27)16-22-11-18-9-21(22)10-18/h3-6,12-14,17-18,21-22H,7-11,15-16,30H2,1-2H3/t17-,18?,21?,22-/m1/s1. The Kier molecular flexibility index (Phi) is 4.65. The predicted molar refractivity (Wildman–Crippen MR) is 139 cm³/mol. The Labute approximate surface area is 205 Å². The molecule has 4 aromatic rings. The average Bonchev–Trinajstić information content (AvgIpc) is 3.57. The van der Waals surface area contributed by atoms with Gasteiger partial charge in [0, 0.05) is 49.2 Å². The van der Waals surface area contributed by atoms with Gasteiger partial charge in [0.2, 0.25) is 0 Å². The first kappa shape index (κ1) is 21.2. The number of benzene rings is 2. The van der Waals surface area contributed by atoms with E-state index in [1.807, 2.05) is 17.9 Å². The van der Waals surface area contributed by atoms with E-state index in [0.717, 1.165) is 65.2 Å². The van der Waals surface area contributed by atoms with E-state index < -0.39 is 0 Å². The molecule has 2 bridgehead atoms. The van der Waals surface area contributed by atoms with Crippen LogP contribution in [0.5, 0.6) is 0 Å². The van der Waals surface area contributed by atoms with Crippen LogP contribution in [0, 0.1) is 17.8 Å². The smallest absolute Gasteiger partial charge is 0.254 e. The van der Waals surface area contributed by atoms with Crippen LogP contribution >= 0.6 is 0 Å². The van der Waals surface area contributed by atoms with Crippen LogP contribution in [0.3, 0.4) is 0 Å². The number of hydrogen-bond donors (Lipinski definition) is 1. The van der Waals surface area contributed by atoms with E-state index in [2.05, 4.69) is 52.6 Å². The number of carbonyl (C=O) groups excluding carboxylic acids is 1. The zero-order valence-electron chi connectivity index (χ0n) is 20.6. The third-order valence-electron chi connectivity index (χ3n) is 8.81. The number of para-hydroxylation sites is 1. The molecule has 6 heteroatoms. The predicted octanol–water partition coefficient (Wildman–Crippen LogP) is 4.59. The minimum atomic E-state index is -0.0293. The van der Waals surface area contributed by atoms with E-state index in [1.165, 1.54) is 35.9 Å². The lowest BCUT2D eigenvalue weighted by Crippen LogP contribution is -2.43. The van der Waals surface area contributed by atoms with Crippen LogP contribution in [0.25, 0.3) is 33.5 Å². The van der Waals surface area contributed by atoms with Crippen molar-refractivity contribution in [1.82, 2.24) is 19.0 Å². The Morgan fingerprint density at radius 2 is 1.94 bits per heavy atom. The normalized spacial score (nSPS) is 24.3. The third kappa shape index (κ3) is 3.26. The fourth-order valence-electron chi connectivity index (χ4n) is 7.00. The summed E-state index contributed by atoms with van der Waals surface area (Å²) in [6, 6.07) is 15.2. The van der Waals surface area contributed by atoms with Gasteiger partial charge in [-0.3, -0.25) is 4.79 Å². The lowest BCUT2D eigenvalue weighted by Gasteiger charge is -2.29. The summed E-state index contributed by atoms with van der Waals surface area (Å²) in [4.78, 5) is 20.2. The molecule has 180 valence electrons. The van der Waals surface area contributed by atoms with E-state index in [1.54, 1.807) is 0 Å². The number of carbonyl (C=O) groups is 1. The van der Waals surface area contributed by atoms with Crippen LogP contribution in [0.1, 0.15) is 42.1 Å². The molecule has 0 spiro atoms. The van der Waals surface area contributed by atoms with Crippen LogP contribution in [-0.2, 0) is 20.0 Å². The number of nitrogens with zero attached hydrogens (tertiary/aromatic N) is 4. The average molecular weight is 468 g/mol. The maximum absolute atomic E-state index is 13.2. The number of imidazole rings is 1. The van der Waals surface area contributed by atoms with Crippen molar-refractivity contribution in [2.24, 2.45) is 30.5 Å². The maximum atomic E-state index is 13.2. The van der Waals surface area contributed by atoms with Gasteiger partial charge in [0.25, 0.3) is 5.91 Å².